The first-order valence-corrected chi connectivity index (χ1v) is 8.10. The van der Waals surface area contributed by atoms with Crippen molar-refractivity contribution >= 4 is 5.97 Å². The lowest BCUT2D eigenvalue weighted by molar-refractivity contribution is -0.143. The third-order valence-corrected chi connectivity index (χ3v) is 4.37. The minimum Gasteiger partial charge on any atom is -0.497 e. The van der Waals surface area contributed by atoms with Crippen LogP contribution in [0.3, 0.4) is 0 Å². The van der Waals surface area contributed by atoms with Gasteiger partial charge in [-0.15, -0.1) is 0 Å². The Kier molecular flexibility index (Phi) is 7.35. The Balaban J connectivity index is 2.93. The number of methoxy groups -OCH3 is 3. The van der Waals surface area contributed by atoms with Crippen LogP contribution in [0.25, 0.3) is 0 Å². The highest BCUT2D eigenvalue weighted by atomic mass is 16.5. The maximum atomic E-state index is 11.2. The van der Waals surface area contributed by atoms with Gasteiger partial charge in [-0.05, 0) is 38.2 Å². The molecule has 0 amide bonds. The zero-order valence-electron chi connectivity index (χ0n) is 15.2. The number of aryl methyl sites for hydroxylation is 1. The molecule has 0 aliphatic heterocycles. The SMILES string of the molecule is CCC(CCc1cc(OC)cc(OC)c1OC)CC(C)(N)C(=O)O. The third-order valence-electron chi connectivity index (χ3n) is 4.37. The largest absolute Gasteiger partial charge is 0.497 e. The summed E-state index contributed by atoms with van der Waals surface area (Å²) in [6.45, 7) is 3.61. The number of hydrogen-bond acceptors (Lipinski definition) is 5. The summed E-state index contributed by atoms with van der Waals surface area (Å²) >= 11 is 0. The molecule has 0 spiro atoms. The molecular formula is C18H29NO5. The van der Waals surface area contributed by atoms with Gasteiger partial charge in [0.1, 0.15) is 11.3 Å². The molecule has 2 unspecified atom stereocenters. The molecule has 2 atom stereocenters. The van der Waals surface area contributed by atoms with Gasteiger partial charge in [-0.3, -0.25) is 4.79 Å². The Morgan fingerprint density at radius 2 is 1.92 bits per heavy atom. The number of rotatable bonds is 10. The smallest absolute Gasteiger partial charge is 0.323 e. The molecule has 1 aromatic carbocycles. The Morgan fingerprint density at radius 3 is 2.38 bits per heavy atom. The predicted octanol–water partition coefficient (Wildman–Crippen LogP) is 2.86. The molecule has 24 heavy (non-hydrogen) atoms. The van der Waals surface area contributed by atoms with E-state index in [1.54, 1.807) is 34.3 Å². The fourth-order valence-electron chi connectivity index (χ4n) is 2.82. The molecule has 0 radical (unpaired) electrons. The van der Waals surface area contributed by atoms with E-state index in [1.807, 2.05) is 13.0 Å². The number of benzene rings is 1. The predicted molar refractivity (Wildman–Crippen MR) is 93.0 cm³/mol. The first kappa shape index (κ1) is 20.1. The van der Waals surface area contributed by atoms with Crippen LogP contribution in [-0.2, 0) is 11.2 Å². The number of hydrogen-bond donors (Lipinski definition) is 2. The average molecular weight is 339 g/mol. The molecule has 6 heteroatoms. The highest BCUT2D eigenvalue weighted by Crippen LogP contribution is 2.37. The van der Waals surface area contributed by atoms with Gasteiger partial charge in [0.25, 0.3) is 0 Å². The molecule has 0 aromatic heterocycles. The summed E-state index contributed by atoms with van der Waals surface area (Å²) in [5.41, 5.74) is 5.65. The van der Waals surface area contributed by atoms with Gasteiger partial charge in [-0.1, -0.05) is 13.3 Å². The second kappa shape index (κ2) is 8.78. The quantitative estimate of drug-likeness (QED) is 0.681. The molecule has 0 aliphatic carbocycles. The monoisotopic (exact) mass is 339 g/mol. The third kappa shape index (κ3) is 5.03. The van der Waals surface area contributed by atoms with Crippen LogP contribution in [0, 0.1) is 5.92 Å². The van der Waals surface area contributed by atoms with Crippen molar-refractivity contribution in [1.82, 2.24) is 0 Å². The van der Waals surface area contributed by atoms with Crippen LogP contribution in [0.5, 0.6) is 17.2 Å². The zero-order chi connectivity index (χ0) is 18.3. The van der Waals surface area contributed by atoms with Gasteiger partial charge in [-0.25, -0.2) is 0 Å². The summed E-state index contributed by atoms with van der Waals surface area (Å²) in [6, 6.07) is 3.70. The van der Waals surface area contributed by atoms with Crippen LogP contribution in [0.15, 0.2) is 12.1 Å². The summed E-state index contributed by atoms with van der Waals surface area (Å²) in [5, 5.41) is 9.21. The van der Waals surface area contributed by atoms with E-state index in [0.29, 0.717) is 23.7 Å². The summed E-state index contributed by atoms with van der Waals surface area (Å²) in [5.74, 6) is 1.24. The fourth-order valence-corrected chi connectivity index (χ4v) is 2.82. The molecule has 0 saturated heterocycles. The number of carbonyl (C=O) groups is 1. The highest BCUT2D eigenvalue weighted by molar-refractivity contribution is 5.77. The molecule has 0 fully saturated rings. The molecule has 1 aromatic rings. The van der Waals surface area contributed by atoms with E-state index < -0.39 is 11.5 Å². The van der Waals surface area contributed by atoms with E-state index in [0.717, 1.165) is 24.8 Å². The van der Waals surface area contributed by atoms with Crippen molar-refractivity contribution in [2.24, 2.45) is 11.7 Å². The van der Waals surface area contributed by atoms with Crippen molar-refractivity contribution in [2.45, 2.75) is 45.1 Å². The van der Waals surface area contributed by atoms with E-state index in [1.165, 1.54) is 0 Å². The first-order valence-electron chi connectivity index (χ1n) is 8.10. The van der Waals surface area contributed by atoms with Gasteiger partial charge in [0.15, 0.2) is 11.5 Å². The van der Waals surface area contributed by atoms with Crippen LogP contribution in [0.4, 0.5) is 0 Å². The molecule has 136 valence electrons. The molecule has 0 bridgehead atoms. The maximum absolute atomic E-state index is 11.2. The van der Waals surface area contributed by atoms with E-state index in [2.05, 4.69) is 0 Å². The maximum Gasteiger partial charge on any atom is 0.323 e. The molecule has 3 N–H and O–H groups in total. The van der Waals surface area contributed by atoms with Crippen LogP contribution < -0.4 is 19.9 Å². The number of ether oxygens (including phenoxy) is 3. The van der Waals surface area contributed by atoms with E-state index in [-0.39, 0.29) is 5.92 Å². The van der Waals surface area contributed by atoms with E-state index in [4.69, 9.17) is 19.9 Å². The standard InChI is InChI=1S/C18H29NO5/c1-6-12(11-18(2,19)17(20)21)7-8-13-9-14(22-3)10-15(23-4)16(13)24-5/h9-10,12H,6-8,11,19H2,1-5H3,(H,20,21). The van der Waals surface area contributed by atoms with E-state index >= 15 is 0 Å². The Bertz CT molecular complexity index is 557. The lowest BCUT2D eigenvalue weighted by Crippen LogP contribution is -2.46. The van der Waals surface area contributed by atoms with Crippen molar-refractivity contribution in [3.05, 3.63) is 17.7 Å². The lowest BCUT2D eigenvalue weighted by atomic mass is 9.84. The number of carboxylic acids is 1. The fraction of sp³-hybridized carbons (Fsp3) is 0.611. The Morgan fingerprint density at radius 1 is 1.25 bits per heavy atom. The second-order valence-corrected chi connectivity index (χ2v) is 6.26. The first-order chi connectivity index (χ1) is 11.3. The van der Waals surface area contributed by atoms with Crippen molar-refractivity contribution in [2.75, 3.05) is 21.3 Å². The number of nitrogens with two attached hydrogens (primary N) is 1. The van der Waals surface area contributed by atoms with Crippen LogP contribution in [-0.4, -0.2) is 37.9 Å². The zero-order valence-corrected chi connectivity index (χ0v) is 15.2. The second-order valence-electron chi connectivity index (χ2n) is 6.26. The summed E-state index contributed by atoms with van der Waals surface area (Å²) in [6.07, 6.45) is 2.83. The van der Waals surface area contributed by atoms with Gasteiger partial charge in [0, 0.05) is 11.6 Å². The van der Waals surface area contributed by atoms with E-state index in [9.17, 15) is 9.90 Å². The van der Waals surface area contributed by atoms with Crippen LogP contribution in [0.2, 0.25) is 0 Å². The minimum atomic E-state index is -1.21. The molecule has 6 nitrogen and oxygen atoms in total. The van der Waals surface area contributed by atoms with Crippen molar-refractivity contribution < 1.29 is 24.1 Å². The molecule has 0 heterocycles. The van der Waals surface area contributed by atoms with Gasteiger partial charge >= 0.3 is 5.97 Å². The van der Waals surface area contributed by atoms with Gasteiger partial charge < -0.3 is 25.1 Å². The normalized spacial score (nSPS) is 14.6. The summed E-state index contributed by atoms with van der Waals surface area (Å²) in [4.78, 5) is 11.2. The highest BCUT2D eigenvalue weighted by Gasteiger charge is 2.30. The molecule has 0 aliphatic rings. The Hall–Kier alpha value is -1.95. The van der Waals surface area contributed by atoms with Crippen LogP contribution >= 0.6 is 0 Å². The number of aliphatic carboxylic acids is 1. The Labute approximate surface area is 143 Å². The summed E-state index contributed by atoms with van der Waals surface area (Å²) in [7, 11) is 4.79. The van der Waals surface area contributed by atoms with Gasteiger partial charge in [0.05, 0.1) is 21.3 Å². The molecule has 1 rings (SSSR count). The van der Waals surface area contributed by atoms with Crippen molar-refractivity contribution in [3.8, 4) is 17.2 Å². The van der Waals surface area contributed by atoms with Gasteiger partial charge in [0.2, 0.25) is 0 Å². The van der Waals surface area contributed by atoms with Crippen molar-refractivity contribution in [1.29, 1.82) is 0 Å². The topological polar surface area (TPSA) is 91.0 Å². The molecule has 0 saturated carbocycles. The summed E-state index contributed by atoms with van der Waals surface area (Å²) < 4.78 is 16.1. The molecular weight excluding hydrogens is 310 g/mol. The number of carboxylic acid groups (broad SMARTS) is 1. The lowest BCUT2D eigenvalue weighted by Gasteiger charge is -2.25. The minimum absolute atomic E-state index is 0.206. The van der Waals surface area contributed by atoms with Crippen LogP contribution in [0.1, 0.15) is 38.7 Å². The average Bonchev–Trinajstić information content (AvgIpc) is 2.57. The van der Waals surface area contributed by atoms with Gasteiger partial charge in [-0.2, -0.15) is 0 Å². The van der Waals surface area contributed by atoms with Crippen molar-refractivity contribution in [3.63, 3.8) is 0 Å².